The van der Waals surface area contributed by atoms with Crippen molar-refractivity contribution in [2.45, 2.75) is 25.7 Å². The zero-order valence-corrected chi connectivity index (χ0v) is 13.0. The standard InChI is InChI=1S/C17H28N4/c1-2-8-19-17(5-1)21-14-12-20(13-15-21)11-3-4-16-6-9-18-10-7-16/h1-2,5,8,16,18H,3-4,6-7,9-15H2. The molecule has 4 heteroatoms. The van der Waals surface area contributed by atoms with E-state index in [9.17, 15) is 0 Å². The number of nitrogens with zero attached hydrogens (tertiary/aromatic N) is 3. The summed E-state index contributed by atoms with van der Waals surface area (Å²) in [7, 11) is 0. The first-order valence-electron chi connectivity index (χ1n) is 8.51. The van der Waals surface area contributed by atoms with Gasteiger partial charge in [-0.15, -0.1) is 0 Å². The molecule has 0 atom stereocenters. The predicted octanol–water partition coefficient (Wildman–Crippen LogP) is 1.98. The highest BCUT2D eigenvalue weighted by atomic mass is 15.3. The van der Waals surface area contributed by atoms with Crippen LogP contribution in [-0.4, -0.2) is 55.7 Å². The molecule has 0 aliphatic carbocycles. The van der Waals surface area contributed by atoms with Crippen LogP contribution in [0, 0.1) is 5.92 Å². The molecule has 1 N–H and O–H groups in total. The zero-order chi connectivity index (χ0) is 14.3. The van der Waals surface area contributed by atoms with Crippen LogP contribution in [0.2, 0.25) is 0 Å². The first kappa shape index (κ1) is 14.8. The summed E-state index contributed by atoms with van der Waals surface area (Å²) < 4.78 is 0. The molecule has 0 unspecified atom stereocenters. The van der Waals surface area contributed by atoms with E-state index in [2.05, 4.69) is 32.2 Å². The minimum absolute atomic E-state index is 0.973. The molecule has 2 fully saturated rings. The van der Waals surface area contributed by atoms with Gasteiger partial charge < -0.3 is 10.2 Å². The minimum Gasteiger partial charge on any atom is -0.354 e. The number of anilines is 1. The van der Waals surface area contributed by atoms with E-state index in [1.54, 1.807) is 0 Å². The molecule has 0 bridgehead atoms. The first-order chi connectivity index (χ1) is 10.4. The number of nitrogens with one attached hydrogen (secondary N) is 1. The molecule has 2 saturated heterocycles. The van der Waals surface area contributed by atoms with Crippen molar-refractivity contribution < 1.29 is 0 Å². The molecule has 116 valence electrons. The van der Waals surface area contributed by atoms with Crippen LogP contribution < -0.4 is 10.2 Å². The van der Waals surface area contributed by atoms with Gasteiger partial charge in [0.1, 0.15) is 5.82 Å². The van der Waals surface area contributed by atoms with Gasteiger partial charge in [0, 0.05) is 32.4 Å². The maximum atomic E-state index is 4.45. The summed E-state index contributed by atoms with van der Waals surface area (Å²) in [6, 6.07) is 6.18. The highest BCUT2D eigenvalue weighted by Gasteiger charge is 2.18. The fraction of sp³-hybridized carbons (Fsp3) is 0.706. The van der Waals surface area contributed by atoms with Gasteiger partial charge in [0.25, 0.3) is 0 Å². The second-order valence-electron chi connectivity index (χ2n) is 6.35. The maximum Gasteiger partial charge on any atom is 0.128 e. The van der Waals surface area contributed by atoms with Crippen LogP contribution in [0.5, 0.6) is 0 Å². The maximum absolute atomic E-state index is 4.45. The topological polar surface area (TPSA) is 31.4 Å². The Kier molecular flexibility index (Phi) is 5.46. The van der Waals surface area contributed by atoms with Crippen molar-refractivity contribution in [2.75, 3.05) is 50.7 Å². The van der Waals surface area contributed by atoms with Crippen molar-refractivity contribution in [3.63, 3.8) is 0 Å². The Morgan fingerprint density at radius 3 is 2.62 bits per heavy atom. The monoisotopic (exact) mass is 288 g/mol. The molecular formula is C17H28N4. The minimum atomic E-state index is 0.973. The van der Waals surface area contributed by atoms with E-state index in [-0.39, 0.29) is 0 Å². The fourth-order valence-corrected chi connectivity index (χ4v) is 3.52. The first-order valence-corrected chi connectivity index (χ1v) is 8.51. The van der Waals surface area contributed by atoms with E-state index in [4.69, 9.17) is 0 Å². The van der Waals surface area contributed by atoms with Crippen LogP contribution in [0.4, 0.5) is 5.82 Å². The summed E-state index contributed by atoms with van der Waals surface area (Å²) in [5.74, 6) is 2.10. The van der Waals surface area contributed by atoms with E-state index in [0.29, 0.717) is 0 Å². The Morgan fingerprint density at radius 2 is 1.90 bits per heavy atom. The Bertz CT molecular complexity index is 395. The SMILES string of the molecule is c1ccc(N2CCN(CCCC3CCNCC3)CC2)nc1. The largest absolute Gasteiger partial charge is 0.354 e. The van der Waals surface area contributed by atoms with Gasteiger partial charge in [-0.25, -0.2) is 4.98 Å². The molecule has 2 aliphatic heterocycles. The van der Waals surface area contributed by atoms with Crippen LogP contribution in [0.25, 0.3) is 0 Å². The van der Waals surface area contributed by atoms with E-state index in [0.717, 1.165) is 24.8 Å². The molecule has 1 aromatic rings. The smallest absolute Gasteiger partial charge is 0.128 e. The normalized spacial score (nSPS) is 21.6. The number of piperidine rings is 1. The number of aromatic nitrogens is 1. The Balaban J connectivity index is 1.34. The quantitative estimate of drug-likeness (QED) is 0.898. The average molecular weight is 288 g/mol. The Labute approximate surface area is 128 Å². The summed E-state index contributed by atoms with van der Waals surface area (Å²) >= 11 is 0. The number of hydrogen-bond donors (Lipinski definition) is 1. The van der Waals surface area contributed by atoms with E-state index >= 15 is 0 Å². The van der Waals surface area contributed by atoms with E-state index < -0.39 is 0 Å². The summed E-state index contributed by atoms with van der Waals surface area (Å²) in [6.45, 7) is 8.33. The fourth-order valence-electron chi connectivity index (χ4n) is 3.52. The molecule has 2 aliphatic rings. The van der Waals surface area contributed by atoms with Crippen molar-refractivity contribution in [3.8, 4) is 0 Å². The van der Waals surface area contributed by atoms with Crippen LogP contribution in [0.1, 0.15) is 25.7 Å². The lowest BCUT2D eigenvalue weighted by Gasteiger charge is -2.35. The predicted molar refractivity (Wildman–Crippen MR) is 87.7 cm³/mol. The van der Waals surface area contributed by atoms with Crippen molar-refractivity contribution >= 4 is 5.82 Å². The highest BCUT2D eigenvalue weighted by Crippen LogP contribution is 2.18. The van der Waals surface area contributed by atoms with Gasteiger partial charge in [0.2, 0.25) is 0 Å². The van der Waals surface area contributed by atoms with Crippen molar-refractivity contribution in [3.05, 3.63) is 24.4 Å². The Hall–Kier alpha value is -1.13. The molecule has 0 aromatic carbocycles. The van der Waals surface area contributed by atoms with Crippen LogP contribution in [0.15, 0.2) is 24.4 Å². The van der Waals surface area contributed by atoms with Gasteiger partial charge in [-0.1, -0.05) is 6.07 Å². The van der Waals surface area contributed by atoms with Crippen LogP contribution in [0.3, 0.4) is 0 Å². The van der Waals surface area contributed by atoms with Crippen LogP contribution in [-0.2, 0) is 0 Å². The van der Waals surface area contributed by atoms with Crippen LogP contribution >= 0.6 is 0 Å². The number of piperazine rings is 1. The molecule has 3 rings (SSSR count). The average Bonchev–Trinajstić information content (AvgIpc) is 2.57. The molecule has 0 radical (unpaired) electrons. The summed E-state index contributed by atoms with van der Waals surface area (Å²) in [5.41, 5.74) is 0. The summed E-state index contributed by atoms with van der Waals surface area (Å²) in [4.78, 5) is 9.48. The molecule has 1 aromatic heterocycles. The van der Waals surface area contributed by atoms with Gasteiger partial charge in [-0.05, 0) is 63.4 Å². The molecule has 3 heterocycles. The summed E-state index contributed by atoms with van der Waals surface area (Å²) in [6.07, 6.45) is 7.44. The molecule has 21 heavy (non-hydrogen) atoms. The summed E-state index contributed by atoms with van der Waals surface area (Å²) in [5, 5.41) is 3.45. The third kappa shape index (κ3) is 4.42. The van der Waals surface area contributed by atoms with Crippen molar-refractivity contribution in [1.29, 1.82) is 0 Å². The molecule has 0 saturated carbocycles. The lowest BCUT2D eigenvalue weighted by Crippen LogP contribution is -2.47. The second-order valence-corrected chi connectivity index (χ2v) is 6.35. The lowest BCUT2D eigenvalue weighted by molar-refractivity contribution is 0.239. The number of hydrogen-bond acceptors (Lipinski definition) is 4. The van der Waals surface area contributed by atoms with Gasteiger partial charge >= 0.3 is 0 Å². The van der Waals surface area contributed by atoms with Gasteiger partial charge in [0.05, 0.1) is 0 Å². The van der Waals surface area contributed by atoms with Gasteiger partial charge in [-0.2, -0.15) is 0 Å². The van der Waals surface area contributed by atoms with Gasteiger partial charge in [-0.3, -0.25) is 4.90 Å². The second kappa shape index (κ2) is 7.76. The van der Waals surface area contributed by atoms with E-state index in [1.807, 2.05) is 12.3 Å². The highest BCUT2D eigenvalue weighted by molar-refractivity contribution is 5.38. The van der Waals surface area contributed by atoms with E-state index in [1.165, 1.54) is 58.4 Å². The third-order valence-electron chi connectivity index (χ3n) is 4.89. The Morgan fingerprint density at radius 1 is 1.10 bits per heavy atom. The van der Waals surface area contributed by atoms with Crippen molar-refractivity contribution in [1.82, 2.24) is 15.2 Å². The molecule has 0 amide bonds. The lowest BCUT2D eigenvalue weighted by atomic mass is 9.93. The third-order valence-corrected chi connectivity index (χ3v) is 4.89. The molecule has 0 spiro atoms. The molecular weight excluding hydrogens is 260 g/mol. The molecule has 4 nitrogen and oxygen atoms in total. The van der Waals surface area contributed by atoms with Crippen molar-refractivity contribution in [2.24, 2.45) is 5.92 Å². The zero-order valence-electron chi connectivity index (χ0n) is 13.0. The number of pyridine rings is 1. The van der Waals surface area contributed by atoms with Gasteiger partial charge in [0.15, 0.2) is 0 Å². The number of rotatable bonds is 5.